The number of Topliss-reactive ketones (excluding diaryl/α,β-unsaturated/α-hetero) is 1. The van der Waals surface area contributed by atoms with Gasteiger partial charge in [-0.25, -0.2) is 0 Å². The minimum absolute atomic E-state index is 0.0424. The Morgan fingerprint density at radius 3 is 1.96 bits per heavy atom. The Balaban J connectivity index is 1.86. The lowest BCUT2D eigenvalue weighted by molar-refractivity contribution is -0.116. The molecule has 5 heteroatoms. The van der Waals surface area contributed by atoms with E-state index in [1.54, 1.807) is 30.3 Å². The second-order valence-corrected chi connectivity index (χ2v) is 6.03. The molecule has 2 aromatic carbocycles. The van der Waals surface area contributed by atoms with Gasteiger partial charge in [0.05, 0.1) is 0 Å². The second-order valence-electron chi connectivity index (χ2n) is 6.03. The van der Waals surface area contributed by atoms with Gasteiger partial charge in [-0.05, 0) is 55.3 Å². The molecule has 2 aromatic rings. The van der Waals surface area contributed by atoms with E-state index in [1.807, 2.05) is 26.0 Å². The van der Waals surface area contributed by atoms with Gasteiger partial charge in [-0.15, -0.1) is 0 Å². The molecule has 0 aromatic heterocycles. The average molecular weight is 338 g/mol. The smallest absolute Gasteiger partial charge is 0.224 e. The molecule has 5 nitrogen and oxygen atoms in total. The van der Waals surface area contributed by atoms with Crippen molar-refractivity contribution < 1.29 is 14.4 Å². The van der Waals surface area contributed by atoms with Gasteiger partial charge in [-0.2, -0.15) is 0 Å². The first-order chi connectivity index (χ1) is 11.8. The summed E-state index contributed by atoms with van der Waals surface area (Å²) in [4.78, 5) is 35.2. The van der Waals surface area contributed by atoms with Crippen LogP contribution in [0.3, 0.4) is 0 Å². The number of carbonyl (C=O) groups is 3. The fraction of sp³-hybridized carbons (Fsp3) is 0.250. The highest BCUT2D eigenvalue weighted by atomic mass is 16.2. The number of rotatable bonds is 6. The zero-order valence-electron chi connectivity index (χ0n) is 14.7. The molecule has 0 saturated carbocycles. The maximum absolute atomic E-state index is 12.2. The summed E-state index contributed by atoms with van der Waals surface area (Å²) in [5, 5.41) is 5.40. The van der Waals surface area contributed by atoms with Crippen molar-refractivity contribution in [1.29, 1.82) is 0 Å². The molecular weight excluding hydrogens is 316 g/mol. The van der Waals surface area contributed by atoms with Crippen LogP contribution in [0.2, 0.25) is 0 Å². The number of ketones is 1. The highest BCUT2D eigenvalue weighted by molar-refractivity contribution is 6.00. The van der Waals surface area contributed by atoms with E-state index in [-0.39, 0.29) is 30.4 Å². The van der Waals surface area contributed by atoms with Crippen LogP contribution in [0.25, 0.3) is 0 Å². The van der Waals surface area contributed by atoms with Gasteiger partial charge < -0.3 is 10.6 Å². The van der Waals surface area contributed by atoms with E-state index in [9.17, 15) is 14.4 Å². The van der Waals surface area contributed by atoms with E-state index < -0.39 is 0 Å². The van der Waals surface area contributed by atoms with Crippen LogP contribution < -0.4 is 10.6 Å². The molecule has 0 bridgehead atoms. The summed E-state index contributed by atoms with van der Waals surface area (Å²) in [5.74, 6) is -0.412. The van der Waals surface area contributed by atoms with E-state index in [2.05, 4.69) is 10.6 Å². The van der Waals surface area contributed by atoms with Gasteiger partial charge >= 0.3 is 0 Å². The van der Waals surface area contributed by atoms with Crippen LogP contribution >= 0.6 is 0 Å². The SMILES string of the molecule is CC(=O)Nc1ccc(NC(=O)CCC(=O)c2ccc(C)c(C)c2)cc1. The highest BCUT2D eigenvalue weighted by Gasteiger charge is 2.10. The molecule has 0 heterocycles. The fourth-order valence-electron chi connectivity index (χ4n) is 2.35. The monoisotopic (exact) mass is 338 g/mol. The third-order valence-electron chi connectivity index (χ3n) is 3.90. The molecule has 0 saturated heterocycles. The van der Waals surface area contributed by atoms with Crippen molar-refractivity contribution in [3.8, 4) is 0 Å². The topological polar surface area (TPSA) is 75.3 Å². The standard InChI is InChI=1S/C20H22N2O3/c1-13-4-5-16(12-14(13)2)19(24)10-11-20(25)22-18-8-6-17(7-9-18)21-15(3)23/h4-9,12H,10-11H2,1-3H3,(H,21,23)(H,22,25). The Kier molecular flexibility index (Phi) is 6.06. The molecule has 0 aliphatic rings. The van der Waals surface area contributed by atoms with Crippen molar-refractivity contribution in [2.75, 3.05) is 10.6 Å². The minimum Gasteiger partial charge on any atom is -0.326 e. The van der Waals surface area contributed by atoms with Gasteiger partial charge in [0.15, 0.2) is 5.78 Å². The zero-order valence-corrected chi connectivity index (χ0v) is 14.7. The van der Waals surface area contributed by atoms with Crippen LogP contribution in [-0.4, -0.2) is 17.6 Å². The number of aryl methyl sites for hydroxylation is 2. The lowest BCUT2D eigenvalue weighted by Gasteiger charge is -2.07. The molecule has 0 spiro atoms. The number of carbonyl (C=O) groups excluding carboxylic acids is 3. The van der Waals surface area contributed by atoms with Gasteiger partial charge in [0.1, 0.15) is 0 Å². The maximum Gasteiger partial charge on any atom is 0.224 e. The first-order valence-electron chi connectivity index (χ1n) is 8.13. The molecule has 0 aliphatic carbocycles. The van der Waals surface area contributed by atoms with Crippen LogP contribution in [0.5, 0.6) is 0 Å². The minimum atomic E-state index is -0.218. The van der Waals surface area contributed by atoms with Crippen LogP contribution in [0, 0.1) is 13.8 Å². The number of amides is 2. The van der Waals surface area contributed by atoms with E-state index in [4.69, 9.17) is 0 Å². The Hall–Kier alpha value is -2.95. The average Bonchev–Trinajstić information content (AvgIpc) is 2.56. The summed E-state index contributed by atoms with van der Waals surface area (Å²) in [7, 11) is 0. The number of hydrogen-bond acceptors (Lipinski definition) is 3. The first kappa shape index (κ1) is 18.4. The second kappa shape index (κ2) is 8.24. The van der Waals surface area contributed by atoms with Crippen molar-refractivity contribution in [3.63, 3.8) is 0 Å². The summed E-state index contributed by atoms with van der Waals surface area (Å²) in [6.45, 7) is 5.39. The van der Waals surface area contributed by atoms with Crippen molar-refractivity contribution >= 4 is 29.0 Å². The van der Waals surface area contributed by atoms with Gasteiger partial charge in [-0.3, -0.25) is 14.4 Å². The van der Waals surface area contributed by atoms with Crippen molar-refractivity contribution in [3.05, 3.63) is 59.2 Å². The Morgan fingerprint density at radius 2 is 1.40 bits per heavy atom. The van der Waals surface area contributed by atoms with Gasteiger partial charge in [0.2, 0.25) is 11.8 Å². The molecule has 0 radical (unpaired) electrons. The van der Waals surface area contributed by atoms with Gasteiger partial charge in [-0.1, -0.05) is 12.1 Å². The summed E-state index contributed by atoms with van der Waals surface area (Å²) >= 11 is 0. The third kappa shape index (κ3) is 5.57. The number of anilines is 2. The van der Waals surface area contributed by atoms with Crippen LogP contribution in [0.1, 0.15) is 41.3 Å². The Morgan fingerprint density at radius 1 is 0.800 bits per heavy atom. The van der Waals surface area contributed by atoms with Crippen LogP contribution in [0.15, 0.2) is 42.5 Å². The fourth-order valence-corrected chi connectivity index (χ4v) is 2.35. The molecule has 0 unspecified atom stereocenters. The first-order valence-corrected chi connectivity index (χ1v) is 8.13. The summed E-state index contributed by atoms with van der Waals surface area (Å²) < 4.78 is 0. The Labute approximate surface area is 147 Å². The Bertz CT molecular complexity index is 795. The predicted octanol–water partition coefficient (Wildman–Crippen LogP) is 3.86. The van der Waals surface area contributed by atoms with E-state index in [0.29, 0.717) is 16.9 Å². The summed E-state index contributed by atoms with van der Waals surface area (Å²) in [6, 6.07) is 12.4. The molecular formula is C20H22N2O3. The number of hydrogen-bond donors (Lipinski definition) is 2. The van der Waals surface area contributed by atoms with Crippen LogP contribution in [-0.2, 0) is 9.59 Å². The molecule has 25 heavy (non-hydrogen) atoms. The summed E-state index contributed by atoms with van der Waals surface area (Å²) in [5.41, 5.74) is 4.12. The van der Waals surface area contributed by atoms with Crippen LogP contribution in [0.4, 0.5) is 11.4 Å². The highest BCUT2D eigenvalue weighted by Crippen LogP contribution is 2.15. The lowest BCUT2D eigenvalue weighted by atomic mass is 10.0. The molecule has 2 N–H and O–H groups in total. The predicted molar refractivity (Wildman–Crippen MR) is 98.9 cm³/mol. The molecule has 0 aliphatic heterocycles. The molecule has 2 amide bonds. The molecule has 2 rings (SSSR count). The van der Waals surface area contributed by atoms with E-state index >= 15 is 0 Å². The van der Waals surface area contributed by atoms with Crippen molar-refractivity contribution in [1.82, 2.24) is 0 Å². The van der Waals surface area contributed by atoms with Gasteiger partial charge in [0, 0.05) is 36.7 Å². The molecule has 0 atom stereocenters. The normalized spacial score (nSPS) is 10.2. The largest absolute Gasteiger partial charge is 0.326 e. The maximum atomic E-state index is 12.2. The van der Waals surface area contributed by atoms with Gasteiger partial charge in [0.25, 0.3) is 0 Å². The van der Waals surface area contributed by atoms with Crippen molar-refractivity contribution in [2.24, 2.45) is 0 Å². The molecule has 0 fully saturated rings. The van der Waals surface area contributed by atoms with E-state index in [0.717, 1.165) is 11.1 Å². The number of nitrogens with one attached hydrogen (secondary N) is 2. The van der Waals surface area contributed by atoms with Crippen molar-refractivity contribution in [2.45, 2.75) is 33.6 Å². The molecule has 130 valence electrons. The third-order valence-corrected chi connectivity index (χ3v) is 3.90. The number of benzene rings is 2. The lowest BCUT2D eigenvalue weighted by Crippen LogP contribution is -2.13. The quantitative estimate of drug-likeness (QED) is 0.785. The zero-order chi connectivity index (χ0) is 18.4. The van der Waals surface area contributed by atoms with E-state index in [1.165, 1.54) is 6.92 Å². The summed E-state index contributed by atoms with van der Waals surface area (Å²) in [6.07, 6.45) is 0.289.